The highest BCUT2D eigenvalue weighted by Gasteiger charge is 2.18. The SMILES string of the molecule is Nc1ccc(NS(=O)(=O)c2ccccc2F)nc1. The van der Waals surface area contributed by atoms with Crippen LogP contribution < -0.4 is 10.5 Å². The van der Waals surface area contributed by atoms with Crippen molar-refractivity contribution in [3.63, 3.8) is 0 Å². The zero-order valence-electron chi connectivity index (χ0n) is 9.17. The standard InChI is InChI=1S/C11H10FN3O2S/c12-9-3-1-2-4-10(9)18(16,17)15-11-6-5-8(13)7-14-11/h1-7H,13H2,(H,14,15). The van der Waals surface area contributed by atoms with E-state index >= 15 is 0 Å². The Kier molecular flexibility index (Phi) is 3.15. The van der Waals surface area contributed by atoms with Crippen LogP contribution in [0.25, 0.3) is 0 Å². The van der Waals surface area contributed by atoms with Gasteiger partial charge in [0.1, 0.15) is 16.5 Å². The number of aromatic nitrogens is 1. The Morgan fingerprint density at radius 1 is 1.17 bits per heavy atom. The summed E-state index contributed by atoms with van der Waals surface area (Å²) in [4.78, 5) is 3.35. The lowest BCUT2D eigenvalue weighted by molar-refractivity contribution is 0.570. The third-order valence-electron chi connectivity index (χ3n) is 2.15. The van der Waals surface area contributed by atoms with Gasteiger partial charge < -0.3 is 5.73 Å². The van der Waals surface area contributed by atoms with Gasteiger partial charge in [-0.2, -0.15) is 0 Å². The van der Waals surface area contributed by atoms with Gasteiger partial charge in [0.05, 0.1) is 11.9 Å². The van der Waals surface area contributed by atoms with E-state index in [0.29, 0.717) is 5.69 Å². The second-order valence-electron chi connectivity index (χ2n) is 3.51. The van der Waals surface area contributed by atoms with Crippen molar-refractivity contribution in [1.29, 1.82) is 0 Å². The number of nitrogen functional groups attached to an aromatic ring is 1. The third-order valence-corrected chi connectivity index (χ3v) is 3.54. The predicted octanol–water partition coefficient (Wildman–Crippen LogP) is 1.60. The van der Waals surface area contributed by atoms with Crippen molar-refractivity contribution in [3.05, 3.63) is 48.4 Å². The Balaban J connectivity index is 2.33. The Morgan fingerprint density at radius 2 is 1.89 bits per heavy atom. The molecule has 1 aromatic carbocycles. The molecule has 3 N–H and O–H groups in total. The maximum Gasteiger partial charge on any atom is 0.265 e. The van der Waals surface area contributed by atoms with Gasteiger partial charge in [-0.15, -0.1) is 0 Å². The first kappa shape index (κ1) is 12.3. The molecular formula is C11H10FN3O2S. The second-order valence-corrected chi connectivity index (χ2v) is 5.16. The molecule has 0 aliphatic heterocycles. The minimum Gasteiger partial charge on any atom is -0.397 e. The number of hydrogen-bond acceptors (Lipinski definition) is 4. The number of rotatable bonds is 3. The molecule has 0 fully saturated rings. The fourth-order valence-electron chi connectivity index (χ4n) is 1.32. The number of nitrogens with one attached hydrogen (secondary N) is 1. The van der Waals surface area contributed by atoms with E-state index < -0.39 is 20.7 Å². The van der Waals surface area contributed by atoms with E-state index in [0.717, 1.165) is 6.07 Å². The number of halogens is 1. The van der Waals surface area contributed by atoms with Crippen molar-refractivity contribution < 1.29 is 12.8 Å². The molecule has 7 heteroatoms. The number of hydrogen-bond donors (Lipinski definition) is 2. The average Bonchev–Trinajstić information content (AvgIpc) is 2.32. The normalized spacial score (nSPS) is 11.2. The first-order chi connectivity index (χ1) is 8.49. The Morgan fingerprint density at radius 3 is 2.50 bits per heavy atom. The molecule has 0 spiro atoms. The van der Waals surface area contributed by atoms with Gasteiger partial charge in [-0.3, -0.25) is 4.72 Å². The lowest BCUT2D eigenvalue weighted by Gasteiger charge is -2.07. The van der Waals surface area contributed by atoms with Gasteiger partial charge in [0.25, 0.3) is 10.0 Å². The largest absolute Gasteiger partial charge is 0.397 e. The lowest BCUT2D eigenvalue weighted by Crippen LogP contribution is -2.15. The molecule has 94 valence electrons. The molecule has 18 heavy (non-hydrogen) atoms. The van der Waals surface area contributed by atoms with Crippen LogP contribution in [-0.4, -0.2) is 13.4 Å². The van der Waals surface area contributed by atoms with Crippen molar-refractivity contribution in [2.24, 2.45) is 0 Å². The van der Waals surface area contributed by atoms with Gasteiger partial charge in [-0.25, -0.2) is 17.8 Å². The molecule has 0 bridgehead atoms. The minimum absolute atomic E-state index is 0.0763. The molecule has 0 amide bonds. The highest BCUT2D eigenvalue weighted by molar-refractivity contribution is 7.92. The van der Waals surface area contributed by atoms with Crippen molar-refractivity contribution in [1.82, 2.24) is 4.98 Å². The van der Waals surface area contributed by atoms with Crippen LogP contribution in [0.15, 0.2) is 47.5 Å². The van der Waals surface area contributed by atoms with Crippen LogP contribution in [0.4, 0.5) is 15.9 Å². The summed E-state index contributed by atoms with van der Waals surface area (Å²) in [5.41, 5.74) is 5.83. The molecule has 2 rings (SSSR count). The molecule has 0 unspecified atom stereocenters. The van der Waals surface area contributed by atoms with E-state index in [9.17, 15) is 12.8 Å². The van der Waals surface area contributed by atoms with Gasteiger partial charge >= 0.3 is 0 Å². The van der Waals surface area contributed by atoms with Crippen LogP contribution in [-0.2, 0) is 10.0 Å². The first-order valence-corrected chi connectivity index (χ1v) is 6.46. The van der Waals surface area contributed by atoms with Gasteiger partial charge in [0.2, 0.25) is 0 Å². The quantitative estimate of drug-likeness (QED) is 0.884. The van der Waals surface area contributed by atoms with E-state index in [1.807, 2.05) is 0 Å². The van der Waals surface area contributed by atoms with Crippen LogP contribution >= 0.6 is 0 Å². The molecule has 0 saturated heterocycles. The van der Waals surface area contributed by atoms with Gasteiger partial charge in [0.15, 0.2) is 0 Å². The second kappa shape index (κ2) is 4.61. The molecule has 0 aliphatic carbocycles. The maximum atomic E-state index is 13.4. The highest BCUT2D eigenvalue weighted by atomic mass is 32.2. The summed E-state index contributed by atoms with van der Waals surface area (Å²) in [6.07, 6.45) is 1.30. The van der Waals surface area contributed by atoms with Crippen LogP contribution in [0.1, 0.15) is 0 Å². The number of pyridine rings is 1. The number of nitrogens with two attached hydrogens (primary N) is 1. The topological polar surface area (TPSA) is 85.1 Å². The van der Waals surface area contributed by atoms with E-state index in [-0.39, 0.29) is 5.82 Å². The molecule has 5 nitrogen and oxygen atoms in total. The monoisotopic (exact) mass is 267 g/mol. The van der Waals surface area contributed by atoms with Crippen LogP contribution in [0, 0.1) is 5.82 Å². The van der Waals surface area contributed by atoms with Crippen molar-refractivity contribution in [3.8, 4) is 0 Å². The Hall–Kier alpha value is -2.15. The fourth-order valence-corrected chi connectivity index (χ4v) is 2.41. The Labute approximate surface area is 104 Å². The fraction of sp³-hybridized carbons (Fsp3) is 0. The number of nitrogens with zero attached hydrogens (tertiary/aromatic N) is 1. The molecule has 0 saturated carbocycles. The van der Waals surface area contributed by atoms with Crippen molar-refractivity contribution >= 4 is 21.5 Å². The molecule has 0 aliphatic rings. The zero-order chi connectivity index (χ0) is 13.2. The minimum atomic E-state index is -3.99. The summed E-state index contributed by atoms with van der Waals surface area (Å²) in [5, 5.41) is 0. The van der Waals surface area contributed by atoms with E-state index in [1.165, 1.54) is 36.5 Å². The summed E-state index contributed by atoms with van der Waals surface area (Å²) < 4.78 is 39.3. The smallest absolute Gasteiger partial charge is 0.265 e. The molecule has 1 heterocycles. The maximum absolute atomic E-state index is 13.4. The summed E-state index contributed by atoms with van der Waals surface area (Å²) >= 11 is 0. The summed E-state index contributed by atoms with van der Waals surface area (Å²) in [5.74, 6) is -0.743. The van der Waals surface area contributed by atoms with Gasteiger partial charge in [-0.1, -0.05) is 12.1 Å². The molecule has 0 radical (unpaired) electrons. The number of anilines is 2. The van der Waals surface area contributed by atoms with Crippen molar-refractivity contribution in [2.75, 3.05) is 10.5 Å². The summed E-state index contributed by atoms with van der Waals surface area (Å²) in [6.45, 7) is 0. The van der Waals surface area contributed by atoms with Crippen LogP contribution in [0.5, 0.6) is 0 Å². The molecular weight excluding hydrogens is 257 g/mol. The van der Waals surface area contributed by atoms with Crippen molar-refractivity contribution in [2.45, 2.75) is 4.90 Å². The lowest BCUT2D eigenvalue weighted by atomic mass is 10.4. The predicted molar refractivity (Wildman–Crippen MR) is 65.9 cm³/mol. The zero-order valence-corrected chi connectivity index (χ0v) is 9.99. The summed E-state index contributed by atoms with van der Waals surface area (Å²) in [6, 6.07) is 7.99. The van der Waals surface area contributed by atoms with E-state index in [2.05, 4.69) is 9.71 Å². The third kappa shape index (κ3) is 2.57. The molecule has 2 aromatic rings. The highest BCUT2D eigenvalue weighted by Crippen LogP contribution is 2.17. The van der Waals surface area contributed by atoms with Crippen LogP contribution in [0.3, 0.4) is 0 Å². The summed E-state index contributed by atoms with van der Waals surface area (Å²) in [7, 11) is -3.99. The molecule has 0 atom stereocenters. The number of benzene rings is 1. The van der Waals surface area contributed by atoms with E-state index in [4.69, 9.17) is 5.73 Å². The van der Waals surface area contributed by atoms with E-state index in [1.54, 1.807) is 0 Å². The number of sulfonamides is 1. The molecule has 1 aromatic heterocycles. The average molecular weight is 267 g/mol. The van der Waals surface area contributed by atoms with Gasteiger partial charge in [0, 0.05) is 0 Å². The van der Waals surface area contributed by atoms with Gasteiger partial charge in [-0.05, 0) is 24.3 Å². The first-order valence-electron chi connectivity index (χ1n) is 4.98. The van der Waals surface area contributed by atoms with Crippen LogP contribution in [0.2, 0.25) is 0 Å². The Bertz CT molecular complexity index is 656.